The van der Waals surface area contributed by atoms with Crippen molar-refractivity contribution in [3.8, 4) is 0 Å². The summed E-state index contributed by atoms with van der Waals surface area (Å²) in [5, 5.41) is 0. The van der Waals surface area contributed by atoms with Crippen LogP contribution in [0.3, 0.4) is 0 Å². The van der Waals surface area contributed by atoms with Crippen LogP contribution in [0.1, 0.15) is 432 Å². The zero-order valence-corrected chi connectivity index (χ0v) is 58.4. The molecule has 0 aromatic rings. The van der Waals surface area contributed by atoms with Crippen molar-refractivity contribution >= 4 is 0 Å². The van der Waals surface area contributed by atoms with Crippen LogP contribution in [0.25, 0.3) is 0 Å². The lowest BCUT2D eigenvalue weighted by Gasteiger charge is -2.40. The van der Waals surface area contributed by atoms with E-state index in [-0.39, 0.29) is 29.7 Å². The van der Waals surface area contributed by atoms with Crippen LogP contribution in [0, 0.1) is 91.7 Å². The molecule has 81 heavy (non-hydrogen) atoms. The summed E-state index contributed by atoms with van der Waals surface area (Å²) in [6.45, 7) is 52.3. The summed E-state index contributed by atoms with van der Waals surface area (Å²) < 4.78 is 0. The van der Waals surface area contributed by atoms with E-state index in [9.17, 15) is 0 Å². The summed E-state index contributed by atoms with van der Waals surface area (Å²) in [5.41, 5.74) is 3.61. The SMILES string of the molecule is C.C.C.C.CC(C)(C)C1CCCC1.CC(C)(C)C1CCCCC1.CC1(C)CCCC(C)(C)C1.CC1(C)CCCCC1.CC1CCC(C(C)(C)C)CC1.CC1CCC(C)CC1.CC1CCCC(C)C1.CC1CCCC1.CC1CCCCC1. The highest BCUT2D eigenvalue weighted by Gasteiger charge is 2.33. The van der Waals surface area contributed by atoms with Gasteiger partial charge in [-0.1, -0.05) is 355 Å². The fourth-order valence-electron chi connectivity index (χ4n) is 15.5. The van der Waals surface area contributed by atoms with Crippen molar-refractivity contribution in [3.63, 3.8) is 0 Å². The smallest absolute Gasteiger partial charge is 0.0349 e. The Morgan fingerprint density at radius 2 is 0.444 bits per heavy atom. The first kappa shape index (κ1) is 87.4. The van der Waals surface area contributed by atoms with E-state index < -0.39 is 0 Å². The van der Waals surface area contributed by atoms with Gasteiger partial charge in [0.1, 0.15) is 0 Å². The quantitative estimate of drug-likeness (QED) is 0.227. The van der Waals surface area contributed by atoms with Crippen LogP contribution in [-0.4, -0.2) is 0 Å². The Bertz CT molecular complexity index is 1290. The molecule has 2 unspecified atom stereocenters. The lowest BCUT2D eigenvalue weighted by atomic mass is 9.65. The number of hydrogen-bond donors (Lipinski definition) is 0. The van der Waals surface area contributed by atoms with E-state index in [0.717, 1.165) is 59.2 Å². The van der Waals surface area contributed by atoms with Gasteiger partial charge in [0.15, 0.2) is 0 Å². The minimum atomic E-state index is 0. The van der Waals surface area contributed by atoms with Gasteiger partial charge in [-0.3, -0.25) is 0 Å². The van der Waals surface area contributed by atoms with Gasteiger partial charge >= 0.3 is 0 Å². The van der Waals surface area contributed by atoms with Gasteiger partial charge < -0.3 is 0 Å². The maximum atomic E-state index is 2.40. The first-order valence-electron chi connectivity index (χ1n) is 35.7. The maximum absolute atomic E-state index is 2.40. The first-order chi connectivity index (χ1) is 35.7. The second kappa shape index (κ2) is 45.3. The van der Waals surface area contributed by atoms with E-state index in [1.54, 1.807) is 0 Å². The van der Waals surface area contributed by atoms with Crippen LogP contribution in [0.2, 0.25) is 0 Å². The Hall–Kier alpha value is 0. The number of rotatable bonds is 0. The van der Waals surface area contributed by atoms with E-state index in [1.807, 2.05) is 0 Å². The standard InChI is InChI=1S/C11H22.2C10H20.C9H18.3C8H16.C7H14.C6H12.4CH4/c1-9-5-7-10(8-6-9)11(2,3)4;1-9(2)6-5-7-10(3,4)8-9;1-10(2,3)9-7-5-4-6-8-9;1-9(2,3)8-6-4-5-7-8;1-7-3-5-8(2)6-4-7;1-7-4-3-5-8(2)6-7;1-8(2)6-4-3-5-7-8;1-7-5-3-2-4-6-7;1-6-4-2-3-5-6;;;;/h9-10H,5-8H2,1-4H3;5-8H2,1-4H3;9H,4-8H2,1-3H3;8H,4-7H2,1-3H3;2*7-8H,3-6H2,1-2H3;3-7H2,1-2H3;7H,2-6H2,1H3;6H,2-5H2,1H3;4*1H4. The monoisotopic (exact) mass is 1140 g/mol. The summed E-state index contributed by atoms with van der Waals surface area (Å²) in [4.78, 5) is 0. The van der Waals surface area contributed by atoms with Crippen molar-refractivity contribution in [2.45, 2.75) is 432 Å². The van der Waals surface area contributed by atoms with Crippen LogP contribution >= 0.6 is 0 Å². The molecule has 9 rings (SSSR count). The Balaban J connectivity index is -0.000000411. The minimum absolute atomic E-state index is 0. The fourth-order valence-corrected chi connectivity index (χ4v) is 15.5. The molecule has 9 aliphatic rings. The van der Waals surface area contributed by atoms with Crippen LogP contribution < -0.4 is 0 Å². The third-order valence-corrected chi connectivity index (χ3v) is 21.6. The van der Waals surface area contributed by atoms with Gasteiger partial charge in [-0.05, 0) is 169 Å². The predicted octanol–water partition coefficient (Wildman–Crippen LogP) is 30.3. The molecule has 0 saturated heterocycles. The second-order valence-electron chi connectivity index (χ2n) is 35.3. The zero-order valence-electron chi connectivity index (χ0n) is 58.4. The average molecular weight is 1140 g/mol. The van der Waals surface area contributed by atoms with Crippen molar-refractivity contribution in [1.29, 1.82) is 0 Å². The first-order valence-corrected chi connectivity index (χ1v) is 35.7. The largest absolute Gasteiger partial charge is 0.0776 e. The maximum Gasteiger partial charge on any atom is -0.0349 e. The lowest BCUT2D eigenvalue weighted by Crippen LogP contribution is -2.28. The van der Waals surface area contributed by atoms with Crippen molar-refractivity contribution in [1.82, 2.24) is 0 Å². The van der Waals surface area contributed by atoms with Crippen molar-refractivity contribution in [2.24, 2.45) is 91.7 Å². The molecule has 0 radical (unpaired) electrons. The molecule has 9 saturated carbocycles. The molecule has 0 spiro atoms. The van der Waals surface area contributed by atoms with Gasteiger partial charge in [0, 0.05) is 0 Å². The van der Waals surface area contributed by atoms with E-state index in [1.165, 1.54) is 250 Å². The van der Waals surface area contributed by atoms with Crippen molar-refractivity contribution in [2.75, 3.05) is 0 Å². The molecule has 2 atom stereocenters. The van der Waals surface area contributed by atoms with Gasteiger partial charge in [0.2, 0.25) is 0 Å². The fraction of sp³-hybridized carbons (Fsp3) is 1.00. The van der Waals surface area contributed by atoms with Crippen molar-refractivity contribution in [3.05, 3.63) is 0 Å². The molecule has 0 N–H and O–H groups in total. The highest BCUT2D eigenvalue weighted by molar-refractivity contribution is 4.85. The zero-order chi connectivity index (χ0) is 58.4. The minimum Gasteiger partial charge on any atom is -0.0776 e. The van der Waals surface area contributed by atoms with E-state index in [4.69, 9.17) is 0 Å². The van der Waals surface area contributed by atoms with E-state index in [2.05, 4.69) is 152 Å². The molecule has 0 aliphatic heterocycles. The van der Waals surface area contributed by atoms with Gasteiger partial charge in [-0.15, -0.1) is 0 Å². The summed E-state index contributed by atoms with van der Waals surface area (Å²) in [7, 11) is 0. The molecule has 0 aromatic carbocycles. The Morgan fingerprint density at radius 3 is 0.642 bits per heavy atom. The summed E-state index contributed by atoms with van der Waals surface area (Å²) in [6.07, 6.45) is 57.3. The number of hydrogen-bond acceptors (Lipinski definition) is 0. The molecule has 0 nitrogen and oxygen atoms in total. The highest BCUT2D eigenvalue weighted by atomic mass is 14.4. The molecule has 9 aliphatic carbocycles. The van der Waals surface area contributed by atoms with Gasteiger partial charge in [0.05, 0.1) is 0 Å². The Labute approximate surface area is 521 Å². The topological polar surface area (TPSA) is 0 Å². The Kier molecular flexibility index (Phi) is 48.9. The van der Waals surface area contributed by atoms with Gasteiger partial charge in [0.25, 0.3) is 0 Å². The third kappa shape index (κ3) is 46.8. The molecular formula is C81H170. The summed E-state index contributed by atoms with van der Waals surface area (Å²) >= 11 is 0. The summed E-state index contributed by atoms with van der Waals surface area (Å²) in [5.74, 6) is 10.1. The molecule has 494 valence electrons. The average Bonchev–Trinajstić information content (AvgIpc) is 4.07. The van der Waals surface area contributed by atoms with Crippen LogP contribution in [0.5, 0.6) is 0 Å². The molecule has 0 bridgehead atoms. The highest BCUT2D eigenvalue weighted by Crippen LogP contribution is 2.46. The molecule has 0 heterocycles. The van der Waals surface area contributed by atoms with E-state index in [0.29, 0.717) is 32.5 Å². The lowest BCUT2D eigenvalue weighted by molar-refractivity contribution is 0.116. The van der Waals surface area contributed by atoms with Gasteiger partial charge in [-0.25, -0.2) is 0 Å². The van der Waals surface area contributed by atoms with Gasteiger partial charge in [-0.2, -0.15) is 0 Å². The second-order valence-corrected chi connectivity index (χ2v) is 35.3. The summed E-state index contributed by atoms with van der Waals surface area (Å²) in [6, 6.07) is 0. The van der Waals surface area contributed by atoms with Crippen LogP contribution in [0.4, 0.5) is 0 Å². The predicted molar refractivity (Wildman–Crippen MR) is 381 cm³/mol. The molecule has 9 fully saturated rings. The van der Waals surface area contributed by atoms with Crippen LogP contribution in [-0.2, 0) is 0 Å². The van der Waals surface area contributed by atoms with Crippen LogP contribution in [0.15, 0.2) is 0 Å². The van der Waals surface area contributed by atoms with Crippen molar-refractivity contribution < 1.29 is 0 Å². The van der Waals surface area contributed by atoms with E-state index >= 15 is 0 Å². The molecule has 0 amide bonds. The molecule has 0 aromatic heterocycles. The molecule has 0 heteroatoms. The third-order valence-electron chi connectivity index (χ3n) is 21.6. The normalized spacial score (nSPS) is 28.4. The Morgan fingerprint density at radius 1 is 0.222 bits per heavy atom. The molecular weight excluding hydrogens is 973 g/mol.